The van der Waals surface area contributed by atoms with E-state index in [4.69, 9.17) is 5.11 Å². The van der Waals surface area contributed by atoms with Crippen LogP contribution in [0.25, 0.3) is 0 Å². The van der Waals surface area contributed by atoms with E-state index in [2.05, 4.69) is 0 Å². The SMILES string of the molecule is CCCN(C)C(=O)[C@@H]1CCCC[C@@H]1C(=O)O. The van der Waals surface area contributed by atoms with Crippen molar-refractivity contribution in [3.8, 4) is 0 Å². The van der Waals surface area contributed by atoms with Gasteiger partial charge in [0.05, 0.1) is 11.8 Å². The van der Waals surface area contributed by atoms with E-state index >= 15 is 0 Å². The molecular weight excluding hydrogens is 206 g/mol. The minimum atomic E-state index is -0.817. The molecule has 92 valence electrons. The Morgan fingerprint density at radius 3 is 2.31 bits per heavy atom. The lowest BCUT2D eigenvalue weighted by atomic mass is 9.78. The van der Waals surface area contributed by atoms with Crippen molar-refractivity contribution in [1.29, 1.82) is 0 Å². The molecule has 1 saturated carbocycles. The second-order valence-electron chi connectivity index (χ2n) is 4.60. The standard InChI is InChI=1S/C12H21NO3/c1-3-8-13(2)11(14)9-6-4-5-7-10(9)12(15)16/h9-10H,3-8H2,1-2H3,(H,15,16)/t9-,10+/m1/s1. The predicted molar refractivity (Wildman–Crippen MR) is 61.0 cm³/mol. The first-order valence-electron chi connectivity index (χ1n) is 6.05. The summed E-state index contributed by atoms with van der Waals surface area (Å²) in [6.07, 6.45) is 4.18. The van der Waals surface area contributed by atoms with Crippen molar-refractivity contribution in [2.24, 2.45) is 11.8 Å². The summed E-state index contributed by atoms with van der Waals surface area (Å²) >= 11 is 0. The number of hydrogen-bond donors (Lipinski definition) is 1. The van der Waals surface area contributed by atoms with E-state index in [0.717, 1.165) is 25.7 Å². The second kappa shape index (κ2) is 5.87. The Hall–Kier alpha value is -1.06. The van der Waals surface area contributed by atoms with Crippen LogP contribution in [0.3, 0.4) is 0 Å². The zero-order valence-corrected chi connectivity index (χ0v) is 10.1. The van der Waals surface area contributed by atoms with Gasteiger partial charge in [-0.25, -0.2) is 0 Å². The molecule has 1 amide bonds. The van der Waals surface area contributed by atoms with Crippen molar-refractivity contribution in [3.05, 3.63) is 0 Å². The van der Waals surface area contributed by atoms with E-state index in [1.807, 2.05) is 6.92 Å². The molecule has 4 nitrogen and oxygen atoms in total. The third-order valence-electron chi connectivity index (χ3n) is 3.34. The summed E-state index contributed by atoms with van der Waals surface area (Å²) in [6, 6.07) is 0. The molecule has 0 aliphatic heterocycles. The van der Waals surface area contributed by atoms with Gasteiger partial charge in [-0.2, -0.15) is 0 Å². The summed E-state index contributed by atoms with van der Waals surface area (Å²) in [7, 11) is 1.76. The zero-order chi connectivity index (χ0) is 12.1. The van der Waals surface area contributed by atoms with Gasteiger partial charge in [0.25, 0.3) is 0 Å². The molecule has 1 N–H and O–H groups in total. The average molecular weight is 227 g/mol. The smallest absolute Gasteiger partial charge is 0.307 e. The fourth-order valence-corrected chi connectivity index (χ4v) is 2.45. The largest absolute Gasteiger partial charge is 0.481 e. The minimum absolute atomic E-state index is 0.00829. The average Bonchev–Trinajstić information content (AvgIpc) is 2.28. The van der Waals surface area contributed by atoms with Crippen LogP contribution in [0.1, 0.15) is 39.0 Å². The molecule has 1 aliphatic carbocycles. The van der Waals surface area contributed by atoms with Crippen molar-refractivity contribution in [2.45, 2.75) is 39.0 Å². The number of carbonyl (C=O) groups excluding carboxylic acids is 1. The predicted octanol–water partition coefficient (Wildman–Crippen LogP) is 1.75. The Balaban J connectivity index is 2.67. The molecule has 0 spiro atoms. The maximum absolute atomic E-state index is 12.1. The van der Waals surface area contributed by atoms with Crippen LogP contribution in [0.4, 0.5) is 0 Å². The summed E-state index contributed by atoms with van der Waals surface area (Å²) in [4.78, 5) is 24.8. The van der Waals surface area contributed by atoms with E-state index in [9.17, 15) is 9.59 Å². The Morgan fingerprint density at radius 1 is 1.25 bits per heavy atom. The van der Waals surface area contributed by atoms with Gasteiger partial charge in [0, 0.05) is 13.6 Å². The zero-order valence-electron chi connectivity index (χ0n) is 10.1. The van der Waals surface area contributed by atoms with Crippen molar-refractivity contribution >= 4 is 11.9 Å². The van der Waals surface area contributed by atoms with E-state index in [1.54, 1.807) is 11.9 Å². The first kappa shape index (κ1) is 13.0. The van der Waals surface area contributed by atoms with E-state index in [0.29, 0.717) is 13.0 Å². The van der Waals surface area contributed by atoms with Gasteiger partial charge in [-0.1, -0.05) is 19.8 Å². The summed E-state index contributed by atoms with van der Waals surface area (Å²) in [5, 5.41) is 9.10. The van der Waals surface area contributed by atoms with Gasteiger partial charge >= 0.3 is 5.97 Å². The highest BCUT2D eigenvalue weighted by atomic mass is 16.4. The Morgan fingerprint density at radius 2 is 1.81 bits per heavy atom. The molecule has 16 heavy (non-hydrogen) atoms. The maximum Gasteiger partial charge on any atom is 0.307 e. The van der Waals surface area contributed by atoms with Crippen LogP contribution in [0.5, 0.6) is 0 Å². The first-order chi connectivity index (χ1) is 7.57. The molecule has 0 aromatic heterocycles. The minimum Gasteiger partial charge on any atom is -0.481 e. The number of amides is 1. The van der Waals surface area contributed by atoms with Crippen LogP contribution in [-0.2, 0) is 9.59 Å². The van der Waals surface area contributed by atoms with Crippen LogP contribution in [-0.4, -0.2) is 35.5 Å². The molecule has 0 aromatic rings. The number of carboxylic acid groups (broad SMARTS) is 1. The van der Waals surface area contributed by atoms with Gasteiger partial charge in [0.2, 0.25) is 5.91 Å². The lowest BCUT2D eigenvalue weighted by molar-refractivity contribution is -0.151. The first-order valence-corrected chi connectivity index (χ1v) is 6.05. The highest BCUT2D eigenvalue weighted by Gasteiger charge is 2.36. The summed E-state index contributed by atoms with van der Waals surface area (Å²) in [5.41, 5.74) is 0. The van der Waals surface area contributed by atoms with Gasteiger partial charge in [-0.3, -0.25) is 9.59 Å². The fourth-order valence-electron chi connectivity index (χ4n) is 2.45. The highest BCUT2D eigenvalue weighted by Crippen LogP contribution is 2.31. The number of rotatable bonds is 4. The Labute approximate surface area is 96.6 Å². The monoisotopic (exact) mass is 227 g/mol. The Bertz CT molecular complexity index is 265. The van der Waals surface area contributed by atoms with Gasteiger partial charge in [0.15, 0.2) is 0 Å². The molecule has 0 bridgehead atoms. The van der Waals surface area contributed by atoms with Crippen molar-refractivity contribution < 1.29 is 14.7 Å². The van der Waals surface area contributed by atoms with Gasteiger partial charge in [0.1, 0.15) is 0 Å². The van der Waals surface area contributed by atoms with Crippen LogP contribution >= 0.6 is 0 Å². The molecule has 1 fully saturated rings. The lowest BCUT2D eigenvalue weighted by Crippen LogP contribution is -2.41. The molecule has 0 unspecified atom stereocenters. The number of carbonyl (C=O) groups is 2. The molecule has 0 radical (unpaired) electrons. The molecule has 0 saturated heterocycles. The normalized spacial score (nSPS) is 25.1. The third-order valence-corrected chi connectivity index (χ3v) is 3.34. The number of nitrogens with zero attached hydrogens (tertiary/aromatic N) is 1. The number of aliphatic carboxylic acids is 1. The van der Waals surface area contributed by atoms with Gasteiger partial charge in [-0.15, -0.1) is 0 Å². The van der Waals surface area contributed by atoms with Crippen LogP contribution in [0.15, 0.2) is 0 Å². The molecule has 1 rings (SSSR count). The highest BCUT2D eigenvalue weighted by molar-refractivity contribution is 5.84. The fraction of sp³-hybridized carbons (Fsp3) is 0.833. The van der Waals surface area contributed by atoms with Crippen LogP contribution in [0, 0.1) is 11.8 Å². The Kier molecular flexibility index (Phi) is 4.77. The molecule has 2 atom stereocenters. The van der Waals surface area contributed by atoms with Crippen molar-refractivity contribution in [1.82, 2.24) is 4.90 Å². The second-order valence-corrected chi connectivity index (χ2v) is 4.60. The topological polar surface area (TPSA) is 57.6 Å². The van der Waals surface area contributed by atoms with Crippen molar-refractivity contribution in [3.63, 3.8) is 0 Å². The maximum atomic E-state index is 12.1. The quantitative estimate of drug-likeness (QED) is 0.796. The lowest BCUT2D eigenvalue weighted by Gasteiger charge is -2.30. The molecular formula is C12H21NO3. The van der Waals surface area contributed by atoms with E-state index < -0.39 is 11.9 Å². The van der Waals surface area contributed by atoms with Crippen molar-refractivity contribution in [2.75, 3.05) is 13.6 Å². The summed E-state index contributed by atoms with van der Waals surface area (Å²) < 4.78 is 0. The molecule has 0 heterocycles. The van der Waals surface area contributed by atoms with E-state index in [1.165, 1.54) is 0 Å². The van der Waals surface area contributed by atoms with Gasteiger partial charge in [-0.05, 0) is 19.3 Å². The molecule has 0 aromatic carbocycles. The number of carboxylic acids is 1. The van der Waals surface area contributed by atoms with Crippen LogP contribution in [0.2, 0.25) is 0 Å². The summed E-state index contributed by atoms with van der Waals surface area (Å²) in [5.74, 6) is -1.58. The van der Waals surface area contributed by atoms with E-state index in [-0.39, 0.29) is 11.8 Å². The third kappa shape index (κ3) is 2.97. The summed E-state index contributed by atoms with van der Waals surface area (Å²) in [6.45, 7) is 2.72. The number of hydrogen-bond acceptors (Lipinski definition) is 2. The van der Waals surface area contributed by atoms with Crippen LogP contribution < -0.4 is 0 Å². The molecule has 1 aliphatic rings. The van der Waals surface area contributed by atoms with Gasteiger partial charge < -0.3 is 10.0 Å². The molecule has 4 heteroatoms.